The molecule has 34 heavy (non-hydrogen) atoms. The lowest BCUT2D eigenvalue weighted by Crippen LogP contribution is -2.44. The van der Waals surface area contributed by atoms with E-state index < -0.39 is 4.92 Å². The molecule has 1 heterocycles. The van der Waals surface area contributed by atoms with Gasteiger partial charge in [-0.15, -0.1) is 0 Å². The van der Waals surface area contributed by atoms with Crippen molar-refractivity contribution in [3.63, 3.8) is 0 Å². The van der Waals surface area contributed by atoms with E-state index in [1.807, 2.05) is 19.1 Å². The molecule has 0 saturated heterocycles. The summed E-state index contributed by atoms with van der Waals surface area (Å²) in [6.45, 7) is 3.39. The Bertz CT molecular complexity index is 1080. The van der Waals surface area contributed by atoms with Crippen LogP contribution < -0.4 is 9.47 Å². The fourth-order valence-electron chi connectivity index (χ4n) is 3.88. The molecule has 2 amide bonds. The van der Waals surface area contributed by atoms with Crippen molar-refractivity contribution in [3.05, 3.63) is 69.3 Å². The molecule has 1 aliphatic rings. The lowest BCUT2D eigenvalue weighted by atomic mass is 9.98. The second kappa shape index (κ2) is 11.3. The van der Waals surface area contributed by atoms with Gasteiger partial charge in [0.2, 0.25) is 11.8 Å². The minimum Gasteiger partial charge on any atom is -0.493 e. The Balaban J connectivity index is 1.66. The third kappa shape index (κ3) is 5.92. The fourth-order valence-corrected chi connectivity index (χ4v) is 3.88. The molecule has 0 atom stereocenters. The van der Waals surface area contributed by atoms with Crippen molar-refractivity contribution in [2.75, 3.05) is 33.9 Å². The largest absolute Gasteiger partial charge is 0.493 e. The van der Waals surface area contributed by atoms with Gasteiger partial charge in [0.15, 0.2) is 11.5 Å². The van der Waals surface area contributed by atoms with Crippen LogP contribution in [0.25, 0.3) is 6.08 Å². The number of amides is 2. The Kier molecular flexibility index (Phi) is 8.24. The van der Waals surface area contributed by atoms with Gasteiger partial charge in [0.25, 0.3) is 5.69 Å². The lowest BCUT2D eigenvalue weighted by Gasteiger charge is -2.31. The highest BCUT2D eigenvalue weighted by Crippen LogP contribution is 2.33. The number of ether oxygens (including phenoxy) is 2. The average molecular weight is 468 g/mol. The Morgan fingerprint density at radius 3 is 2.35 bits per heavy atom. The van der Waals surface area contributed by atoms with Crippen molar-refractivity contribution in [2.45, 2.75) is 26.3 Å². The predicted molar refractivity (Wildman–Crippen MR) is 128 cm³/mol. The number of hydrogen-bond donors (Lipinski definition) is 0. The molecule has 0 saturated carbocycles. The molecule has 3 rings (SSSR count). The first kappa shape index (κ1) is 24.8. The first-order valence-corrected chi connectivity index (χ1v) is 11.1. The number of nitro benzene ring substituents is 1. The number of benzene rings is 2. The third-order valence-electron chi connectivity index (χ3n) is 5.72. The maximum Gasteiger partial charge on any atom is 0.269 e. The summed E-state index contributed by atoms with van der Waals surface area (Å²) in [5.41, 5.74) is 2.78. The van der Waals surface area contributed by atoms with Crippen LogP contribution in [0.15, 0.2) is 42.5 Å². The monoisotopic (exact) mass is 467 g/mol. The number of methoxy groups -OCH3 is 2. The maximum absolute atomic E-state index is 13.0. The topological polar surface area (TPSA) is 102 Å². The Labute approximate surface area is 198 Å². The zero-order valence-electron chi connectivity index (χ0n) is 19.7. The van der Waals surface area contributed by atoms with Crippen LogP contribution in [0.3, 0.4) is 0 Å². The molecule has 0 bridgehead atoms. The van der Waals surface area contributed by atoms with Crippen molar-refractivity contribution in [1.29, 1.82) is 0 Å². The standard InChI is InChI=1S/C25H29N3O6/c1-4-12-26(24(29)10-7-18-5-8-21(9-6-18)28(31)32)17-25(30)27-13-11-19-14-22(33-2)23(34-3)15-20(19)16-27/h5-10,14-15H,4,11-13,16-17H2,1-3H3/b10-7+. The van der Waals surface area contributed by atoms with E-state index in [4.69, 9.17) is 9.47 Å². The van der Waals surface area contributed by atoms with Crippen LogP contribution in [-0.4, -0.2) is 60.4 Å². The summed E-state index contributed by atoms with van der Waals surface area (Å²) < 4.78 is 10.8. The molecule has 0 spiro atoms. The minimum atomic E-state index is -0.473. The molecular formula is C25H29N3O6. The quantitative estimate of drug-likeness (QED) is 0.318. The number of nitro groups is 1. The smallest absolute Gasteiger partial charge is 0.269 e. The molecule has 9 nitrogen and oxygen atoms in total. The molecular weight excluding hydrogens is 438 g/mol. The summed E-state index contributed by atoms with van der Waals surface area (Å²) in [7, 11) is 3.17. The second-order valence-corrected chi connectivity index (χ2v) is 7.98. The number of nitrogens with zero attached hydrogens (tertiary/aromatic N) is 3. The number of rotatable bonds is 9. The maximum atomic E-state index is 13.0. The van der Waals surface area contributed by atoms with Crippen molar-refractivity contribution in [3.8, 4) is 11.5 Å². The second-order valence-electron chi connectivity index (χ2n) is 7.98. The number of carbonyl (C=O) groups excluding carboxylic acids is 2. The van der Waals surface area contributed by atoms with Gasteiger partial charge in [-0.1, -0.05) is 6.92 Å². The van der Waals surface area contributed by atoms with E-state index in [0.717, 1.165) is 11.1 Å². The van der Waals surface area contributed by atoms with Gasteiger partial charge in [0, 0.05) is 37.8 Å². The van der Waals surface area contributed by atoms with E-state index in [1.165, 1.54) is 23.1 Å². The minimum absolute atomic E-state index is 0.0131. The number of hydrogen-bond acceptors (Lipinski definition) is 6. The van der Waals surface area contributed by atoms with Gasteiger partial charge in [-0.05, 0) is 59.9 Å². The van der Waals surface area contributed by atoms with Crippen LogP contribution in [0.4, 0.5) is 5.69 Å². The molecule has 2 aromatic carbocycles. The first-order chi connectivity index (χ1) is 16.4. The highest BCUT2D eigenvalue weighted by molar-refractivity contribution is 5.94. The fraction of sp³-hybridized carbons (Fsp3) is 0.360. The zero-order chi connectivity index (χ0) is 24.7. The Hall–Kier alpha value is -3.88. The van der Waals surface area contributed by atoms with E-state index in [1.54, 1.807) is 37.3 Å². The molecule has 9 heteroatoms. The summed E-state index contributed by atoms with van der Waals surface area (Å²) in [5, 5.41) is 10.8. The van der Waals surface area contributed by atoms with Gasteiger partial charge in [-0.25, -0.2) is 0 Å². The van der Waals surface area contributed by atoms with Gasteiger partial charge in [0.1, 0.15) is 6.54 Å². The average Bonchev–Trinajstić information content (AvgIpc) is 2.85. The molecule has 0 aromatic heterocycles. The molecule has 0 fully saturated rings. The van der Waals surface area contributed by atoms with Crippen LogP contribution in [0.1, 0.15) is 30.0 Å². The Morgan fingerprint density at radius 1 is 1.12 bits per heavy atom. The third-order valence-corrected chi connectivity index (χ3v) is 5.72. The lowest BCUT2D eigenvalue weighted by molar-refractivity contribution is -0.384. The van der Waals surface area contributed by atoms with Crippen molar-refractivity contribution in [2.24, 2.45) is 0 Å². The molecule has 180 valence electrons. The SMILES string of the molecule is CCCN(CC(=O)N1CCc2cc(OC)c(OC)cc2C1)C(=O)/C=C/c1ccc([N+](=O)[O-])cc1. The van der Waals surface area contributed by atoms with Crippen LogP contribution in [0, 0.1) is 10.1 Å². The van der Waals surface area contributed by atoms with E-state index >= 15 is 0 Å². The Morgan fingerprint density at radius 2 is 1.76 bits per heavy atom. The van der Waals surface area contributed by atoms with Gasteiger partial charge < -0.3 is 19.3 Å². The van der Waals surface area contributed by atoms with E-state index in [-0.39, 0.29) is 24.0 Å². The van der Waals surface area contributed by atoms with Crippen molar-refractivity contribution >= 4 is 23.6 Å². The number of carbonyl (C=O) groups is 2. The van der Waals surface area contributed by atoms with E-state index in [9.17, 15) is 19.7 Å². The van der Waals surface area contributed by atoms with Crippen LogP contribution >= 0.6 is 0 Å². The molecule has 2 aromatic rings. The highest BCUT2D eigenvalue weighted by atomic mass is 16.6. The summed E-state index contributed by atoms with van der Waals surface area (Å²) in [6, 6.07) is 9.77. The normalized spacial score (nSPS) is 12.9. The summed E-state index contributed by atoms with van der Waals surface area (Å²) >= 11 is 0. The van der Waals surface area contributed by atoms with Crippen LogP contribution in [0.5, 0.6) is 11.5 Å². The molecule has 0 unspecified atom stereocenters. The molecule has 0 radical (unpaired) electrons. The molecule has 1 aliphatic heterocycles. The van der Waals surface area contributed by atoms with Gasteiger partial charge in [-0.3, -0.25) is 19.7 Å². The van der Waals surface area contributed by atoms with Crippen LogP contribution in [0.2, 0.25) is 0 Å². The zero-order valence-corrected chi connectivity index (χ0v) is 19.7. The molecule has 0 N–H and O–H groups in total. The van der Waals surface area contributed by atoms with Crippen LogP contribution in [-0.2, 0) is 22.6 Å². The summed E-state index contributed by atoms with van der Waals surface area (Å²) in [6.07, 6.45) is 4.40. The van der Waals surface area contributed by atoms with E-state index in [0.29, 0.717) is 49.5 Å². The number of non-ortho nitro benzene ring substituents is 1. The summed E-state index contributed by atoms with van der Waals surface area (Å²) in [4.78, 5) is 39.4. The van der Waals surface area contributed by atoms with E-state index in [2.05, 4.69) is 0 Å². The van der Waals surface area contributed by atoms with Crippen molar-refractivity contribution < 1.29 is 24.0 Å². The van der Waals surface area contributed by atoms with Gasteiger partial charge in [-0.2, -0.15) is 0 Å². The van der Waals surface area contributed by atoms with Crippen molar-refractivity contribution in [1.82, 2.24) is 9.80 Å². The number of fused-ring (bicyclic) bond motifs is 1. The molecule has 0 aliphatic carbocycles. The predicted octanol–water partition coefficient (Wildman–Crippen LogP) is 3.45. The first-order valence-electron chi connectivity index (χ1n) is 11.1. The van der Waals surface area contributed by atoms with Gasteiger partial charge in [0.05, 0.1) is 19.1 Å². The highest BCUT2D eigenvalue weighted by Gasteiger charge is 2.25. The van der Waals surface area contributed by atoms with Gasteiger partial charge >= 0.3 is 0 Å². The summed E-state index contributed by atoms with van der Waals surface area (Å²) in [5.74, 6) is 0.888.